The molecule has 0 aliphatic rings. The predicted molar refractivity (Wildman–Crippen MR) is 68.6 cm³/mol. The zero-order valence-electron chi connectivity index (χ0n) is 9.73. The van der Waals surface area contributed by atoms with Crippen LogP contribution in [0.3, 0.4) is 0 Å². The Morgan fingerprint density at radius 3 is 3.00 bits per heavy atom. The lowest BCUT2D eigenvalue weighted by Gasteiger charge is -2.08. The summed E-state index contributed by atoms with van der Waals surface area (Å²) in [5.41, 5.74) is 8.72. The van der Waals surface area contributed by atoms with Gasteiger partial charge < -0.3 is 0 Å². The molecule has 0 aliphatic carbocycles. The Labute approximate surface area is 99.2 Å². The highest BCUT2D eigenvalue weighted by molar-refractivity contribution is 5.71. The third-order valence-electron chi connectivity index (χ3n) is 2.17. The largest absolute Gasteiger partial charge is 0.299 e. The van der Waals surface area contributed by atoms with Gasteiger partial charge in [-0.05, 0) is 26.0 Å². The van der Waals surface area contributed by atoms with E-state index < -0.39 is 0 Å². The Bertz CT molecular complexity index is 502. The molecule has 2 aromatic rings. The van der Waals surface area contributed by atoms with E-state index in [4.69, 9.17) is 0 Å². The Morgan fingerprint density at radius 2 is 2.29 bits per heavy atom. The molecule has 0 unspecified atom stereocenters. The number of hydrazine groups is 1. The van der Waals surface area contributed by atoms with Crippen LogP contribution in [0.15, 0.2) is 29.5 Å². The van der Waals surface area contributed by atoms with Crippen LogP contribution in [-0.4, -0.2) is 21.4 Å². The van der Waals surface area contributed by atoms with Gasteiger partial charge in [-0.1, -0.05) is 0 Å². The van der Waals surface area contributed by atoms with Crippen molar-refractivity contribution >= 4 is 23.4 Å². The number of rotatable bonds is 4. The zero-order chi connectivity index (χ0) is 12.1. The van der Waals surface area contributed by atoms with Gasteiger partial charge in [0.15, 0.2) is 5.82 Å². The number of aryl methyl sites for hydroxylation is 1. The first-order valence-electron chi connectivity index (χ1n) is 5.27. The van der Waals surface area contributed by atoms with Crippen LogP contribution in [0.25, 0.3) is 0 Å². The number of pyridine rings is 1. The van der Waals surface area contributed by atoms with Crippen molar-refractivity contribution in [2.75, 3.05) is 10.9 Å². The van der Waals surface area contributed by atoms with Crippen molar-refractivity contribution in [2.45, 2.75) is 13.8 Å². The number of anilines is 2. The number of nitrogens with one attached hydrogen (secondary N) is 3. The van der Waals surface area contributed by atoms with Crippen LogP contribution in [-0.2, 0) is 0 Å². The number of hydrogen-bond acceptors (Lipinski definition) is 5. The second kappa shape index (κ2) is 5.11. The number of nitrogens with zero attached hydrogens (tertiary/aromatic N) is 3. The topological polar surface area (TPSA) is 78.0 Å². The summed E-state index contributed by atoms with van der Waals surface area (Å²) < 4.78 is 0. The summed E-state index contributed by atoms with van der Waals surface area (Å²) in [7, 11) is 0. The minimum Gasteiger partial charge on any atom is -0.299 e. The molecule has 0 amide bonds. The first-order chi connectivity index (χ1) is 8.31. The van der Waals surface area contributed by atoms with Gasteiger partial charge in [0.05, 0.1) is 17.6 Å². The van der Waals surface area contributed by atoms with Crippen molar-refractivity contribution in [2.24, 2.45) is 4.99 Å². The summed E-state index contributed by atoms with van der Waals surface area (Å²) >= 11 is 0. The van der Waals surface area contributed by atoms with Crippen molar-refractivity contribution in [1.82, 2.24) is 15.2 Å². The molecule has 0 fully saturated rings. The Hall–Kier alpha value is -2.37. The summed E-state index contributed by atoms with van der Waals surface area (Å²) in [5.74, 6) is 0.626. The molecule has 0 saturated carbocycles. The van der Waals surface area contributed by atoms with Crippen molar-refractivity contribution in [3.8, 4) is 0 Å². The average molecular weight is 230 g/mol. The molecular formula is C11H14N6. The van der Waals surface area contributed by atoms with E-state index in [0.29, 0.717) is 5.82 Å². The molecule has 0 aliphatic heterocycles. The third kappa shape index (κ3) is 2.60. The number of aliphatic imine (C=N–C) groups is 1. The standard InChI is InChI=1S/C11H14N6/c1-3-13-11-10(8(2)14-17-11)16-15-9-5-4-6-12-7-9/h3-7,15-16H,1-2H3,(H,14,17). The Balaban J connectivity index is 2.11. The van der Waals surface area contributed by atoms with Crippen molar-refractivity contribution in [1.29, 1.82) is 0 Å². The van der Waals surface area contributed by atoms with Crippen LogP contribution in [0.4, 0.5) is 17.2 Å². The van der Waals surface area contributed by atoms with E-state index >= 15 is 0 Å². The predicted octanol–water partition coefficient (Wildman–Crippen LogP) is 2.27. The molecule has 17 heavy (non-hydrogen) atoms. The molecule has 0 atom stereocenters. The first-order valence-corrected chi connectivity index (χ1v) is 5.27. The lowest BCUT2D eigenvalue weighted by molar-refractivity contribution is 1.04. The van der Waals surface area contributed by atoms with Gasteiger partial charge in [0.1, 0.15) is 5.69 Å². The molecular weight excluding hydrogens is 216 g/mol. The van der Waals surface area contributed by atoms with Crippen LogP contribution in [0, 0.1) is 6.92 Å². The molecule has 88 valence electrons. The van der Waals surface area contributed by atoms with Crippen molar-refractivity contribution < 1.29 is 0 Å². The highest BCUT2D eigenvalue weighted by atomic mass is 15.4. The molecule has 2 aromatic heterocycles. The third-order valence-corrected chi connectivity index (χ3v) is 2.17. The molecule has 2 rings (SSSR count). The summed E-state index contributed by atoms with van der Waals surface area (Å²) in [5, 5.41) is 6.95. The van der Waals surface area contributed by atoms with Gasteiger partial charge in [-0.3, -0.25) is 20.9 Å². The van der Waals surface area contributed by atoms with E-state index in [2.05, 4.69) is 31.0 Å². The first kappa shape index (κ1) is 11.1. The molecule has 3 N–H and O–H groups in total. The average Bonchev–Trinajstić information content (AvgIpc) is 2.70. The second-order valence-corrected chi connectivity index (χ2v) is 3.43. The molecule has 0 radical (unpaired) electrons. The quantitative estimate of drug-likeness (QED) is 0.556. The lowest BCUT2D eigenvalue weighted by Crippen LogP contribution is -2.09. The van der Waals surface area contributed by atoms with E-state index in [-0.39, 0.29) is 0 Å². The van der Waals surface area contributed by atoms with Gasteiger partial charge in [-0.25, -0.2) is 4.99 Å². The van der Waals surface area contributed by atoms with Gasteiger partial charge in [0.25, 0.3) is 0 Å². The maximum Gasteiger partial charge on any atom is 0.198 e. The SMILES string of the molecule is CC=Nc1n[nH]c(C)c1NNc1cccnc1. The molecule has 0 bridgehead atoms. The minimum atomic E-state index is 0.626. The normalized spacial score (nSPS) is 10.7. The number of hydrogen-bond donors (Lipinski definition) is 3. The van der Waals surface area contributed by atoms with E-state index in [1.54, 1.807) is 18.6 Å². The summed E-state index contributed by atoms with van der Waals surface area (Å²) in [6.45, 7) is 3.78. The summed E-state index contributed by atoms with van der Waals surface area (Å²) in [6, 6.07) is 3.77. The maximum atomic E-state index is 4.15. The molecule has 2 heterocycles. The van der Waals surface area contributed by atoms with Crippen LogP contribution in [0.5, 0.6) is 0 Å². The van der Waals surface area contributed by atoms with Gasteiger partial charge in [-0.2, -0.15) is 5.10 Å². The Kier molecular flexibility index (Phi) is 3.34. The van der Waals surface area contributed by atoms with E-state index in [9.17, 15) is 0 Å². The zero-order valence-corrected chi connectivity index (χ0v) is 9.73. The molecule has 6 heteroatoms. The van der Waals surface area contributed by atoms with Crippen molar-refractivity contribution in [3.05, 3.63) is 30.2 Å². The fourth-order valence-electron chi connectivity index (χ4n) is 1.35. The van der Waals surface area contributed by atoms with Gasteiger partial charge in [-0.15, -0.1) is 0 Å². The van der Waals surface area contributed by atoms with Crippen LogP contribution in [0.2, 0.25) is 0 Å². The molecule has 6 nitrogen and oxygen atoms in total. The minimum absolute atomic E-state index is 0.626. The number of aromatic nitrogens is 3. The van der Waals surface area contributed by atoms with Crippen molar-refractivity contribution in [3.63, 3.8) is 0 Å². The summed E-state index contributed by atoms with van der Waals surface area (Å²) in [6.07, 6.45) is 5.15. The second-order valence-electron chi connectivity index (χ2n) is 3.43. The highest BCUT2D eigenvalue weighted by Gasteiger charge is 2.07. The number of H-pyrrole nitrogens is 1. The van der Waals surface area contributed by atoms with Gasteiger partial charge >= 0.3 is 0 Å². The van der Waals surface area contributed by atoms with E-state index in [1.807, 2.05) is 26.0 Å². The monoisotopic (exact) mass is 230 g/mol. The number of aromatic amines is 1. The van der Waals surface area contributed by atoms with Crippen LogP contribution in [0.1, 0.15) is 12.6 Å². The summed E-state index contributed by atoms with van der Waals surface area (Å²) in [4.78, 5) is 8.16. The Morgan fingerprint density at radius 1 is 1.41 bits per heavy atom. The highest BCUT2D eigenvalue weighted by Crippen LogP contribution is 2.24. The smallest absolute Gasteiger partial charge is 0.198 e. The maximum absolute atomic E-state index is 4.15. The molecule has 0 saturated heterocycles. The lowest BCUT2D eigenvalue weighted by atomic mass is 10.4. The van der Waals surface area contributed by atoms with E-state index in [1.165, 1.54) is 0 Å². The van der Waals surface area contributed by atoms with Crippen LogP contribution < -0.4 is 10.9 Å². The van der Waals surface area contributed by atoms with Crippen LogP contribution >= 0.6 is 0 Å². The van der Waals surface area contributed by atoms with Gasteiger partial charge in [0.2, 0.25) is 0 Å². The van der Waals surface area contributed by atoms with Gasteiger partial charge in [0, 0.05) is 12.4 Å². The molecule has 0 spiro atoms. The van der Waals surface area contributed by atoms with E-state index in [0.717, 1.165) is 17.1 Å². The fourth-order valence-corrected chi connectivity index (χ4v) is 1.35. The molecule has 0 aromatic carbocycles. The fraction of sp³-hybridized carbons (Fsp3) is 0.182.